The first kappa shape index (κ1) is 31.3. The molecule has 2 heterocycles. The van der Waals surface area contributed by atoms with Crippen LogP contribution < -0.4 is 4.72 Å². The van der Waals surface area contributed by atoms with Crippen molar-refractivity contribution in [2.75, 3.05) is 19.6 Å². The monoisotopic (exact) mass is 565 g/mol. The molecule has 2 N–H and O–H groups in total. The summed E-state index contributed by atoms with van der Waals surface area (Å²) in [6, 6.07) is 9.04. The van der Waals surface area contributed by atoms with Crippen LogP contribution in [-0.2, 0) is 35.7 Å². The van der Waals surface area contributed by atoms with Gasteiger partial charge in [0, 0.05) is 24.5 Å². The number of hydrogen-bond donors (Lipinski definition) is 2. The minimum atomic E-state index is -4.10. The third-order valence-corrected chi connectivity index (χ3v) is 9.09. The fraction of sp³-hybridized carbons (Fsp3) is 0.720. The molecule has 12 nitrogen and oxygen atoms in total. The Balaban J connectivity index is 1.80. The molecule has 1 aromatic carbocycles. The van der Waals surface area contributed by atoms with Gasteiger partial charge in [0.15, 0.2) is 5.54 Å². The summed E-state index contributed by atoms with van der Waals surface area (Å²) in [7, 11) is -4.56. The summed E-state index contributed by atoms with van der Waals surface area (Å²) in [5.74, 6) is -1.44. The molecule has 14 heteroatoms. The highest BCUT2D eigenvalue weighted by Crippen LogP contribution is 2.41. The fourth-order valence-corrected chi connectivity index (χ4v) is 6.12. The Kier molecular flexibility index (Phi) is 9.43. The molecule has 2 atom stereocenters. The molecule has 0 aliphatic carbocycles. The highest BCUT2D eigenvalue weighted by molar-refractivity contribution is 7.87. The first-order valence-electron chi connectivity index (χ1n) is 13.1. The molecule has 0 aromatic heterocycles. The second-order valence-electron chi connectivity index (χ2n) is 11.9. The van der Waals surface area contributed by atoms with Crippen LogP contribution in [0.1, 0.15) is 59.9 Å². The van der Waals surface area contributed by atoms with Crippen molar-refractivity contribution in [3.05, 3.63) is 46.3 Å². The van der Waals surface area contributed by atoms with Gasteiger partial charge in [-0.2, -0.15) is 17.4 Å². The van der Waals surface area contributed by atoms with E-state index >= 15 is 0 Å². The Morgan fingerprint density at radius 1 is 1.26 bits per heavy atom. The van der Waals surface area contributed by atoms with Gasteiger partial charge in [0.25, 0.3) is 10.2 Å². The quantitative estimate of drug-likeness (QED) is 0.129. The Morgan fingerprint density at radius 2 is 1.87 bits per heavy atom. The van der Waals surface area contributed by atoms with Crippen molar-refractivity contribution in [1.82, 2.24) is 9.03 Å². The largest absolute Gasteiger partial charge is 0.460 e. The Bertz CT molecular complexity index is 1150. The zero-order valence-corrected chi connectivity index (χ0v) is 24.4. The minimum Gasteiger partial charge on any atom is -0.460 e. The van der Waals surface area contributed by atoms with Gasteiger partial charge in [-0.05, 0) is 71.3 Å². The molecule has 0 bridgehead atoms. The number of benzene rings is 1. The van der Waals surface area contributed by atoms with Crippen LogP contribution in [0.3, 0.4) is 0 Å². The van der Waals surface area contributed by atoms with Crippen LogP contribution >= 0.6 is 0 Å². The normalized spacial score (nSPS) is 24.9. The minimum absolute atomic E-state index is 0.0489. The van der Waals surface area contributed by atoms with E-state index in [9.17, 15) is 23.8 Å². The zero-order valence-electron chi connectivity index (χ0n) is 23.6. The third kappa shape index (κ3) is 7.52. The van der Waals surface area contributed by atoms with Crippen molar-refractivity contribution >= 4 is 23.3 Å². The maximum atomic E-state index is 13.5. The van der Waals surface area contributed by atoms with Gasteiger partial charge < -0.3 is 19.2 Å². The van der Waals surface area contributed by atoms with Crippen LogP contribution in [0.15, 0.2) is 35.4 Å². The molecule has 0 amide bonds. The Hall–Kier alpha value is -2.19. The topological polar surface area (TPSA) is 163 Å². The molecule has 1 aromatic rings. The van der Waals surface area contributed by atoms with Gasteiger partial charge in [-0.3, -0.25) is 4.79 Å². The molecule has 216 valence electrons. The van der Waals surface area contributed by atoms with Gasteiger partial charge in [0.1, 0.15) is 6.61 Å². The molecule has 0 spiro atoms. The number of nitrogens with zero attached hydrogens (tertiary/aromatic N) is 4. The van der Waals surface area contributed by atoms with E-state index in [-0.39, 0.29) is 26.2 Å². The van der Waals surface area contributed by atoms with E-state index in [0.717, 1.165) is 9.87 Å². The second-order valence-corrected chi connectivity index (χ2v) is 13.7. The summed E-state index contributed by atoms with van der Waals surface area (Å²) in [4.78, 5) is 16.4. The number of azide groups is 1. The van der Waals surface area contributed by atoms with Gasteiger partial charge in [-0.1, -0.05) is 41.9 Å². The highest BCUT2D eigenvalue weighted by Gasteiger charge is 2.56. The van der Waals surface area contributed by atoms with Crippen molar-refractivity contribution in [3.8, 4) is 0 Å². The lowest BCUT2D eigenvalue weighted by atomic mass is 9.78. The molecule has 39 heavy (non-hydrogen) atoms. The molecule has 2 fully saturated rings. The lowest BCUT2D eigenvalue weighted by Gasteiger charge is -2.32. The molecule has 0 saturated carbocycles. The molecule has 2 aliphatic rings. The van der Waals surface area contributed by atoms with Crippen LogP contribution in [0.5, 0.6) is 0 Å². The number of ether oxygens (including phenoxy) is 1. The van der Waals surface area contributed by atoms with Crippen molar-refractivity contribution in [2.45, 2.75) is 89.7 Å². The fourth-order valence-electron chi connectivity index (χ4n) is 4.66. The van der Waals surface area contributed by atoms with Crippen molar-refractivity contribution < 1.29 is 32.4 Å². The van der Waals surface area contributed by atoms with Gasteiger partial charge in [-0.25, -0.2) is 0 Å². The predicted molar refractivity (Wildman–Crippen MR) is 147 cm³/mol. The lowest BCUT2D eigenvalue weighted by Crippen LogP contribution is -2.48. The molecule has 2 aliphatic heterocycles. The SMILES string of the molecule is CC(C)(O)CNS(=O)(=O)N1CC(CCCB2OC(C)(C)C(C)(C)O2)C(N=[N+]=[N-])(C(=O)OCc2ccccc2)C1. The van der Waals surface area contributed by atoms with Crippen LogP contribution in [0, 0.1) is 5.92 Å². The highest BCUT2D eigenvalue weighted by atomic mass is 32.2. The first-order chi connectivity index (χ1) is 18.0. The van der Waals surface area contributed by atoms with Crippen LogP contribution in [0.25, 0.3) is 10.4 Å². The van der Waals surface area contributed by atoms with Gasteiger partial charge in [0.2, 0.25) is 0 Å². The number of esters is 1. The first-order valence-corrected chi connectivity index (χ1v) is 14.6. The second kappa shape index (κ2) is 11.7. The zero-order chi connectivity index (χ0) is 29.1. The third-order valence-electron chi connectivity index (χ3n) is 7.63. The summed E-state index contributed by atoms with van der Waals surface area (Å²) in [6.07, 6.45) is 1.40. The standard InChI is InChI=1S/C25H40BN5O7S/c1-22(2,33)17-28-39(34,35)31-15-20(13-10-14-26-37-23(3,4)24(5,6)38-26)25(18-31,29-30-27)21(32)36-16-19-11-8-7-9-12-19/h7-9,11-12,20,28,33H,10,13-18H2,1-6H3. The smallest absolute Gasteiger partial charge is 0.457 e. The van der Waals surface area contributed by atoms with Crippen molar-refractivity contribution in [3.63, 3.8) is 0 Å². The molecular formula is C25H40BN5O7S. The summed E-state index contributed by atoms with van der Waals surface area (Å²) in [6.45, 7) is 10.1. The summed E-state index contributed by atoms with van der Waals surface area (Å²) < 4.78 is 47.4. The van der Waals surface area contributed by atoms with E-state index < -0.39 is 51.6 Å². The van der Waals surface area contributed by atoms with Gasteiger partial charge >= 0.3 is 13.1 Å². The number of carbonyl (C=O) groups is 1. The van der Waals surface area contributed by atoms with E-state index in [2.05, 4.69) is 14.7 Å². The molecular weight excluding hydrogens is 525 g/mol. The average Bonchev–Trinajstić information content (AvgIpc) is 3.31. The van der Waals surface area contributed by atoms with Crippen molar-refractivity contribution in [2.24, 2.45) is 11.0 Å². The van der Waals surface area contributed by atoms with Gasteiger partial charge in [-0.15, -0.1) is 0 Å². The summed E-state index contributed by atoms with van der Waals surface area (Å²) in [5, 5.41) is 13.9. The van der Waals surface area contributed by atoms with Crippen LogP contribution in [0.4, 0.5) is 0 Å². The molecule has 3 rings (SSSR count). The van der Waals surface area contributed by atoms with Crippen LogP contribution in [-0.4, -0.2) is 72.9 Å². The molecule has 2 saturated heterocycles. The van der Waals surface area contributed by atoms with Crippen molar-refractivity contribution in [1.29, 1.82) is 0 Å². The Morgan fingerprint density at radius 3 is 2.44 bits per heavy atom. The van der Waals surface area contributed by atoms with Gasteiger partial charge in [0.05, 0.1) is 16.8 Å². The van der Waals surface area contributed by atoms with E-state index in [1.165, 1.54) is 13.8 Å². The van der Waals surface area contributed by atoms with E-state index in [0.29, 0.717) is 19.2 Å². The number of nitrogens with one attached hydrogen (secondary N) is 1. The maximum Gasteiger partial charge on any atom is 0.457 e. The Labute approximate surface area is 231 Å². The summed E-state index contributed by atoms with van der Waals surface area (Å²) >= 11 is 0. The van der Waals surface area contributed by atoms with E-state index in [1.807, 2.05) is 45.9 Å². The van der Waals surface area contributed by atoms with Crippen LogP contribution in [0.2, 0.25) is 6.32 Å². The maximum absolute atomic E-state index is 13.5. The molecule has 0 radical (unpaired) electrons. The molecule has 2 unspecified atom stereocenters. The predicted octanol–water partition coefficient (Wildman–Crippen LogP) is 3.19. The number of rotatable bonds is 12. The summed E-state index contributed by atoms with van der Waals surface area (Å²) in [5.41, 5.74) is 6.17. The van der Waals surface area contributed by atoms with E-state index in [1.54, 1.807) is 12.1 Å². The number of hydrogen-bond acceptors (Lipinski definition) is 8. The lowest BCUT2D eigenvalue weighted by molar-refractivity contribution is -0.152. The number of aliphatic hydroxyl groups is 1. The number of carbonyl (C=O) groups excluding carboxylic acids is 1. The van der Waals surface area contributed by atoms with E-state index in [4.69, 9.17) is 14.0 Å². The average molecular weight is 566 g/mol.